The highest BCUT2D eigenvalue weighted by Crippen LogP contribution is 2.48. The quantitative estimate of drug-likeness (QED) is 0.772. The third kappa shape index (κ3) is 1.67. The number of carbonyl (C=O) groups excluding carboxylic acids is 1. The van der Waals surface area contributed by atoms with Gasteiger partial charge in [-0.2, -0.15) is 0 Å². The Bertz CT molecular complexity index is 348. The van der Waals surface area contributed by atoms with Gasteiger partial charge in [0.1, 0.15) is 4.88 Å². The van der Waals surface area contributed by atoms with Crippen molar-refractivity contribution in [1.82, 2.24) is 0 Å². The van der Waals surface area contributed by atoms with E-state index in [1.807, 2.05) is 12.1 Å². The molecule has 1 heterocycles. The number of hydrogen-bond acceptors (Lipinski definition) is 4. The zero-order valence-corrected chi connectivity index (χ0v) is 8.84. The molecule has 14 heavy (non-hydrogen) atoms. The second-order valence-electron chi connectivity index (χ2n) is 3.53. The van der Waals surface area contributed by atoms with E-state index < -0.39 is 0 Å². The van der Waals surface area contributed by atoms with Crippen LogP contribution in [0.3, 0.4) is 0 Å². The number of rotatable bonds is 3. The molecule has 1 aliphatic carbocycles. The Labute approximate surface area is 86.9 Å². The molecule has 2 rings (SSSR count). The molecule has 2 atom stereocenters. The number of methoxy groups -OCH3 is 1. The van der Waals surface area contributed by atoms with E-state index in [2.05, 4.69) is 4.74 Å². The average Bonchev–Trinajstić information content (AvgIpc) is 2.85. The lowest BCUT2D eigenvalue weighted by atomic mass is 10.2. The van der Waals surface area contributed by atoms with E-state index in [1.165, 1.54) is 23.3 Å². The van der Waals surface area contributed by atoms with Crippen LogP contribution in [0.25, 0.3) is 0 Å². The Morgan fingerprint density at radius 3 is 3.07 bits per heavy atom. The van der Waals surface area contributed by atoms with E-state index in [1.54, 1.807) is 0 Å². The Balaban J connectivity index is 2.07. The summed E-state index contributed by atoms with van der Waals surface area (Å²) in [6.45, 7) is 0.746. The molecule has 1 aromatic heterocycles. The van der Waals surface area contributed by atoms with Crippen molar-refractivity contribution in [3.63, 3.8) is 0 Å². The van der Waals surface area contributed by atoms with Crippen molar-refractivity contribution in [2.45, 2.75) is 12.3 Å². The van der Waals surface area contributed by atoms with Crippen molar-refractivity contribution in [1.29, 1.82) is 0 Å². The summed E-state index contributed by atoms with van der Waals surface area (Å²) in [6, 6.07) is 3.84. The van der Waals surface area contributed by atoms with Crippen LogP contribution < -0.4 is 5.73 Å². The van der Waals surface area contributed by atoms with Crippen molar-refractivity contribution in [3.8, 4) is 0 Å². The maximum Gasteiger partial charge on any atom is 0.348 e. The molecule has 2 N–H and O–H groups in total. The predicted molar refractivity (Wildman–Crippen MR) is 55.6 cm³/mol. The molecule has 1 fully saturated rings. The molecule has 0 saturated heterocycles. The minimum Gasteiger partial charge on any atom is -0.465 e. The fraction of sp³-hybridized carbons (Fsp3) is 0.500. The number of nitrogens with two attached hydrogens (primary N) is 1. The fourth-order valence-corrected chi connectivity index (χ4v) is 2.75. The minimum atomic E-state index is -0.244. The highest BCUT2D eigenvalue weighted by atomic mass is 32.1. The summed E-state index contributed by atoms with van der Waals surface area (Å²) in [6.07, 6.45) is 1.16. The van der Waals surface area contributed by atoms with Gasteiger partial charge in [0.25, 0.3) is 0 Å². The highest BCUT2D eigenvalue weighted by molar-refractivity contribution is 7.14. The zero-order valence-electron chi connectivity index (χ0n) is 8.03. The zero-order chi connectivity index (χ0) is 10.1. The lowest BCUT2D eigenvalue weighted by molar-refractivity contribution is 0.0606. The summed E-state index contributed by atoms with van der Waals surface area (Å²) in [7, 11) is 1.40. The third-order valence-electron chi connectivity index (χ3n) is 2.60. The van der Waals surface area contributed by atoms with Crippen LogP contribution in [-0.2, 0) is 4.74 Å². The van der Waals surface area contributed by atoms with Gasteiger partial charge in [-0.25, -0.2) is 4.79 Å². The molecule has 2 unspecified atom stereocenters. The monoisotopic (exact) mass is 211 g/mol. The fourth-order valence-electron chi connectivity index (χ4n) is 1.62. The maximum atomic E-state index is 11.2. The Morgan fingerprint density at radius 1 is 1.71 bits per heavy atom. The summed E-state index contributed by atoms with van der Waals surface area (Å²) in [5, 5.41) is 0. The van der Waals surface area contributed by atoms with Crippen LogP contribution in [0.5, 0.6) is 0 Å². The molecule has 1 saturated carbocycles. The van der Waals surface area contributed by atoms with Gasteiger partial charge in [-0.3, -0.25) is 0 Å². The van der Waals surface area contributed by atoms with Crippen LogP contribution in [0.4, 0.5) is 0 Å². The van der Waals surface area contributed by atoms with Crippen LogP contribution in [0.2, 0.25) is 0 Å². The van der Waals surface area contributed by atoms with Crippen molar-refractivity contribution in [3.05, 3.63) is 21.9 Å². The van der Waals surface area contributed by atoms with E-state index in [0.29, 0.717) is 16.7 Å². The number of ether oxygens (including phenoxy) is 1. The molecule has 1 aliphatic rings. The van der Waals surface area contributed by atoms with Gasteiger partial charge in [0, 0.05) is 4.88 Å². The van der Waals surface area contributed by atoms with E-state index in [4.69, 9.17) is 5.73 Å². The third-order valence-corrected chi connectivity index (χ3v) is 3.80. The van der Waals surface area contributed by atoms with E-state index >= 15 is 0 Å². The van der Waals surface area contributed by atoms with Crippen molar-refractivity contribution < 1.29 is 9.53 Å². The number of esters is 1. The molecule has 0 radical (unpaired) electrons. The second kappa shape index (κ2) is 3.71. The van der Waals surface area contributed by atoms with Crippen LogP contribution in [0.15, 0.2) is 12.1 Å². The van der Waals surface area contributed by atoms with Gasteiger partial charge >= 0.3 is 5.97 Å². The molecule has 76 valence electrons. The van der Waals surface area contributed by atoms with Crippen LogP contribution >= 0.6 is 11.3 Å². The number of hydrogen-bond donors (Lipinski definition) is 1. The standard InChI is InChI=1S/C10H13NO2S/c1-13-10(12)9-3-2-8(14-9)7-4-6(7)5-11/h2-3,6-7H,4-5,11H2,1H3. The van der Waals surface area contributed by atoms with Gasteiger partial charge in [-0.15, -0.1) is 11.3 Å². The van der Waals surface area contributed by atoms with E-state index in [0.717, 1.165) is 13.0 Å². The molecule has 0 aliphatic heterocycles. The van der Waals surface area contributed by atoms with Gasteiger partial charge in [0.05, 0.1) is 7.11 Å². The lowest BCUT2D eigenvalue weighted by Crippen LogP contribution is -2.01. The second-order valence-corrected chi connectivity index (χ2v) is 4.65. The molecular formula is C10H13NO2S. The maximum absolute atomic E-state index is 11.2. The molecule has 1 aromatic rings. The summed E-state index contributed by atoms with van der Waals surface area (Å²) in [4.78, 5) is 13.1. The average molecular weight is 211 g/mol. The summed E-state index contributed by atoms with van der Waals surface area (Å²) in [5.74, 6) is 0.966. The smallest absolute Gasteiger partial charge is 0.348 e. The van der Waals surface area contributed by atoms with E-state index in [-0.39, 0.29) is 5.97 Å². The Hall–Kier alpha value is -0.870. The topological polar surface area (TPSA) is 52.3 Å². The van der Waals surface area contributed by atoms with Crippen molar-refractivity contribution in [2.75, 3.05) is 13.7 Å². The summed E-state index contributed by atoms with van der Waals surface area (Å²) >= 11 is 1.53. The SMILES string of the molecule is COC(=O)c1ccc(C2CC2CN)s1. The predicted octanol–water partition coefficient (Wildman–Crippen LogP) is 1.60. The van der Waals surface area contributed by atoms with Crippen molar-refractivity contribution >= 4 is 17.3 Å². The summed E-state index contributed by atoms with van der Waals surface area (Å²) < 4.78 is 4.65. The molecule has 0 bridgehead atoms. The first-order chi connectivity index (χ1) is 6.76. The normalized spacial score (nSPS) is 24.7. The first kappa shape index (κ1) is 9.68. The summed E-state index contributed by atoms with van der Waals surface area (Å²) in [5.41, 5.74) is 5.57. The van der Waals surface area contributed by atoms with Crippen molar-refractivity contribution in [2.24, 2.45) is 11.7 Å². The molecule has 0 aromatic carbocycles. The molecule has 0 spiro atoms. The Morgan fingerprint density at radius 2 is 2.50 bits per heavy atom. The molecule has 3 nitrogen and oxygen atoms in total. The largest absolute Gasteiger partial charge is 0.465 e. The number of thiophene rings is 1. The van der Waals surface area contributed by atoms with Gasteiger partial charge < -0.3 is 10.5 Å². The molecule has 0 amide bonds. The van der Waals surface area contributed by atoms with Gasteiger partial charge in [-0.05, 0) is 36.9 Å². The highest BCUT2D eigenvalue weighted by Gasteiger charge is 2.38. The molecular weight excluding hydrogens is 198 g/mol. The number of carbonyl (C=O) groups is 1. The molecule has 4 heteroatoms. The van der Waals surface area contributed by atoms with Crippen LogP contribution in [0.1, 0.15) is 26.9 Å². The minimum absolute atomic E-state index is 0.244. The van der Waals surface area contributed by atoms with Gasteiger partial charge in [0.15, 0.2) is 0 Å². The van der Waals surface area contributed by atoms with E-state index in [9.17, 15) is 4.79 Å². The lowest BCUT2D eigenvalue weighted by Gasteiger charge is -1.93. The first-order valence-corrected chi connectivity index (χ1v) is 5.46. The first-order valence-electron chi connectivity index (χ1n) is 4.64. The van der Waals surface area contributed by atoms with Crippen LogP contribution in [-0.4, -0.2) is 19.6 Å². The van der Waals surface area contributed by atoms with Gasteiger partial charge in [-0.1, -0.05) is 0 Å². The van der Waals surface area contributed by atoms with Gasteiger partial charge in [0.2, 0.25) is 0 Å². The van der Waals surface area contributed by atoms with Crippen LogP contribution in [0, 0.1) is 5.92 Å². The Kier molecular flexibility index (Phi) is 2.56.